The lowest BCUT2D eigenvalue weighted by Gasteiger charge is -2.20. The number of hydrogen-bond acceptors (Lipinski definition) is 2. The second-order valence-corrected chi connectivity index (χ2v) is 5.52. The highest BCUT2D eigenvalue weighted by Gasteiger charge is 2.16. The Bertz CT molecular complexity index is 557. The molecule has 3 heteroatoms. The zero-order valence-corrected chi connectivity index (χ0v) is 13.0. The molecule has 0 radical (unpaired) electrons. The third-order valence-electron chi connectivity index (χ3n) is 3.79. The van der Waals surface area contributed by atoms with Crippen molar-refractivity contribution in [3.63, 3.8) is 0 Å². The largest absolute Gasteiger partial charge is 0.308 e. The van der Waals surface area contributed by atoms with Crippen LogP contribution in [0.25, 0.3) is 0 Å². The summed E-state index contributed by atoms with van der Waals surface area (Å²) in [6.07, 6.45) is 4.02. The average molecular weight is 271 g/mol. The first-order valence-electron chi connectivity index (χ1n) is 7.39. The maximum absolute atomic E-state index is 4.30. The standard InChI is InChI=1S/C17H25N3/c1-5-9-18-16(17-8-10-19-20(17)4)12-15-11-13(2)6-7-14(15)3/h6-8,10-11,16,18H,5,9,12H2,1-4H3. The van der Waals surface area contributed by atoms with Gasteiger partial charge in [0, 0.05) is 13.2 Å². The van der Waals surface area contributed by atoms with Gasteiger partial charge in [-0.2, -0.15) is 5.10 Å². The van der Waals surface area contributed by atoms with Crippen molar-refractivity contribution in [2.75, 3.05) is 6.54 Å². The van der Waals surface area contributed by atoms with Crippen molar-refractivity contribution < 1.29 is 0 Å². The molecule has 0 fully saturated rings. The van der Waals surface area contributed by atoms with Crippen molar-refractivity contribution in [1.82, 2.24) is 15.1 Å². The molecule has 0 aliphatic heterocycles. The minimum Gasteiger partial charge on any atom is -0.308 e. The Balaban J connectivity index is 2.23. The SMILES string of the molecule is CCCNC(Cc1cc(C)ccc1C)c1ccnn1C. The van der Waals surface area contributed by atoms with Gasteiger partial charge in [-0.05, 0) is 50.4 Å². The van der Waals surface area contributed by atoms with Gasteiger partial charge in [-0.25, -0.2) is 0 Å². The Morgan fingerprint density at radius 1 is 1.25 bits per heavy atom. The second-order valence-electron chi connectivity index (χ2n) is 5.52. The Hall–Kier alpha value is -1.61. The Labute approximate surface area is 122 Å². The van der Waals surface area contributed by atoms with E-state index in [0.717, 1.165) is 19.4 Å². The van der Waals surface area contributed by atoms with Crippen LogP contribution < -0.4 is 5.32 Å². The lowest BCUT2D eigenvalue weighted by atomic mass is 9.97. The summed E-state index contributed by atoms with van der Waals surface area (Å²) in [6, 6.07) is 9.12. The van der Waals surface area contributed by atoms with Crippen molar-refractivity contribution in [1.29, 1.82) is 0 Å². The summed E-state index contributed by atoms with van der Waals surface area (Å²) in [7, 11) is 2.01. The molecule has 3 nitrogen and oxygen atoms in total. The summed E-state index contributed by atoms with van der Waals surface area (Å²) in [5.41, 5.74) is 5.35. The number of aromatic nitrogens is 2. The van der Waals surface area contributed by atoms with Crippen molar-refractivity contribution in [3.8, 4) is 0 Å². The lowest BCUT2D eigenvalue weighted by molar-refractivity contribution is 0.492. The van der Waals surface area contributed by atoms with E-state index in [4.69, 9.17) is 0 Å². The summed E-state index contributed by atoms with van der Waals surface area (Å²) in [6.45, 7) is 7.57. The van der Waals surface area contributed by atoms with Crippen LogP contribution in [0.5, 0.6) is 0 Å². The number of benzene rings is 1. The highest BCUT2D eigenvalue weighted by molar-refractivity contribution is 5.32. The highest BCUT2D eigenvalue weighted by Crippen LogP contribution is 2.21. The first kappa shape index (κ1) is 14.8. The molecule has 1 N–H and O–H groups in total. The number of rotatable bonds is 6. The molecule has 0 saturated carbocycles. The van der Waals surface area contributed by atoms with E-state index in [2.05, 4.69) is 55.5 Å². The van der Waals surface area contributed by atoms with Crippen molar-refractivity contribution in [2.24, 2.45) is 7.05 Å². The fourth-order valence-corrected chi connectivity index (χ4v) is 2.57. The topological polar surface area (TPSA) is 29.9 Å². The fourth-order valence-electron chi connectivity index (χ4n) is 2.57. The third kappa shape index (κ3) is 3.48. The normalized spacial score (nSPS) is 12.6. The summed E-state index contributed by atoms with van der Waals surface area (Å²) in [4.78, 5) is 0. The lowest BCUT2D eigenvalue weighted by Crippen LogP contribution is -2.26. The second kappa shape index (κ2) is 6.71. The van der Waals surface area contributed by atoms with Crippen LogP contribution in [0.3, 0.4) is 0 Å². The van der Waals surface area contributed by atoms with E-state index in [1.54, 1.807) is 0 Å². The Morgan fingerprint density at radius 3 is 2.70 bits per heavy atom. The summed E-state index contributed by atoms with van der Waals surface area (Å²) >= 11 is 0. The monoisotopic (exact) mass is 271 g/mol. The van der Waals surface area contributed by atoms with Gasteiger partial charge in [-0.15, -0.1) is 0 Å². The number of nitrogens with zero attached hydrogens (tertiary/aromatic N) is 2. The average Bonchev–Trinajstić information content (AvgIpc) is 2.84. The van der Waals surface area contributed by atoms with Crippen molar-refractivity contribution >= 4 is 0 Å². The Kier molecular flexibility index (Phi) is 4.96. The van der Waals surface area contributed by atoms with E-state index in [-0.39, 0.29) is 0 Å². The van der Waals surface area contributed by atoms with Gasteiger partial charge in [0.2, 0.25) is 0 Å². The molecule has 0 spiro atoms. The van der Waals surface area contributed by atoms with Gasteiger partial charge in [-0.1, -0.05) is 30.7 Å². The molecule has 0 aliphatic carbocycles. The predicted molar refractivity (Wildman–Crippen MR) is 83.9 cm³/mol. The van der Waals surface area contributed by atoms with E-state index in [9.17, 15) is 0 Å². The molecule has 0 amide bonds. The van der Waals surface area contributed by atoms with Crippen LogP contribution in [0.15, 0.2) is 30.5 Å². The first-order chi connectivity index (χ1) is 9.61. The van der Waals surface area contributed by atoms with Gasteiger partial charge >= 0.3 is 0 Å². The maximum atomic E-state index is 4.30. The third-order valence-corrected chi connectivity index (χ3v) is 3.79. The van der Waals surface area contributed by atoms with Gasteiger partial charge in [0.15, 0.2) is 0 Å². The zero-order chi connectivity index (χ0) is 14.5. The van der Waals surface area contributed by atoms with Gasteiger partial charge in [0.1, 0.15) is 0 Å². The quantitative estimate of drug-likeness (QED) is 0.873. The Morgan fingerprint density at radius 2 is 2.05 bits per heavy atom. The molecule has 1 atom stereocenters. The minimum absolute atomic E-state index is 0.322. The molecule has 2 rings (SSSR count). The number of aryl methyl sites for hydroxylation is 3. The molecule has 0 saturated heterocycles. The van der Waals surface area contributed by atoms with Crippen LogP contribution in [0.1, 0.15) is 41.8 Å². The molecule has 1 unspecified atom stereocenters. The maximum Gasteiger partial charge on any atom is 0.0553 e. The van der Waals surface area contributed by atoms with E-state index < -0.39 is 0 Å². The van der Waals surface area contributed by atoms with Gasteiger partial charge < -0.3 is 5.32 Å². The van der Waals surface area contributed by atoms with Crippen LogP contribution >= 0.6 is 0 Å². The first-order valence-corrected chi connectivity index (χ1v) is 7.39. The minimum atomic E-state index is 0.322. The van der Waals surface area contributed by atoms with Crippen LogP contribution in [0.4, 0.5) is 0 Å². The molecule has 1 aromatic carbocycles. The molecule has 0 bridgehead atoms. The van der Waals surface area contributed by atoms with E-state index >= 15 is 0 Å². The molecular formula is C17H25N3. The van der Waals surface area contributed by atoms with Crippen LogP contribution in [0, 0.1) is 13.8 Å². The van der Waals surface area contributed by atoms with Gasteiger partial charge in [0.25, 0.3) is 0 Å². The van der Waals surface area contributed by atoms with Crippen LogP contribution in [0.2, 0.25) is 0 Å². The molecule has 1 aromatic heterocycles. The smallest absolute Gasteiger partial charge is 0.0553 e. The van der Waals surface area contributed by atoms with Gasteiger partial charge in [-0.3, -0.25) is 4.68 Å². The van der Waals surface area contributed by atoms with E-state index in [0.29, 0.717) is 6.04 Å². The number of hydrogen-bond donors (Lipinski definition) is 1. The van der Waals surface area contributed by atoms with E-state index in [1.807, 2.05) is 17.9 Å². The summed E-state index contributed by atoms with van der Waals surface area (Å²) < 4.78 is 1.97. The molecule has 2 aromatic rings. The summed E-state index contributed by atoms with van der Waals surface area (Å²) in [5.74, 6) is 0. The molecule has 0 aliphatic rings. The van der Waals surface area contributed by atoms with Crippen LogP contribution in [-0.2, 0) is 13.5 Å². The molecule has 108 valence electrons. The van der Waals surface area contributed by atoms with Gasteiger partial charge in [0.05, 0.1) is 11.7 Å². The zero-order valence-electron chi connectivity index (χ0n) is 13.0. The van der Waals surface area contributed by atoms with Crippen molar-refractivity contribution in [3.05, 3.63) is 52.8 Å². The number of nitrogens with one attached hydrogen (secondary N) is 1. The summed E-state index contributed by atoms with van der Waals surface area (Å²) in [5, 5.41) is 7.95. The fraction of sp³-hybridized carbons (Fsp3) is 0.471. The molecule has 20 heavy (non-hydrogen) atoms. The molecule has 1 heterocycles. The molecular weight excluding hydrogens is 246 g/mol. The predicted octanol–water partition coefficient (Wildman–Crippen LogP) is 3.32. The highest BCUT2D eigenvalue weighted by atomic mass is 15.3. The van der Waals surface area contributed by atoms with Crippen molar-refractivity contribution in [2.45, 2.75) is 39.7 Å². The van der Waals surface area contributed by atoms with Crippen LogP contribution in [-0.4, -0.2) is 16.3 Å². The van der Waals surface area contributed by atoms with E-state index in [1.165, 1.54) is 22.4 Å².